The van der Waals surface area contributed by atoms with E-state index in [1.54, 1.807) is 0 Å². The van der Waals surface area contributed by atoms with E-state index < -0.39 is 5.97 Å². The van der Waals surface area contributed by atoms with Crippen molar-refractivity contribution in [2.24, 2.45) is 17.8 Å². The number of aliphatic carboxylic acids is 1. The molecule has 1 N–H and O–H groups in total. The molecule has 0 amide bonds. The van der Waals surface area contributed by atoms with Gasteiger partial charge in [0.05, 0.1) is 12.0 Å². The van der Waals surface area contributed by atoms with Crippen LogP contribution in [0.3, 0.4) is 0 Å². The van der Waals surface area contributed by atoms with Crippen LogP contribution < -0.4 is 4.74 Å². The molecule has 1 saturated heterocycles. The van der Waals surface area contributed by atoms with Crippen molar-refractivity contribution in [2.75, 3.05) is 6.54 Å². The van der Waals surface area contributed by atoms with Crippen LogP contribution >= 0.6 is 0 Å². The Hall–Kier alpha value is -2.07. The highest BCUT2D eigenvalue weighted by molar-refractivity contribution is 5.88. The van der Waals surface area contributed by atoms with Crippen molar-refractivity contribution >= 4 is 16.7 Å². The lowest BCUT2D eigenvalue weighted by Crippen LogP contribution is -2.33. The molecule has 3 fully saturated rings. The molecule has 2 aliphatic carbocycles. The first-order valence-electron chi connectivity index (χ1n) is 12.2. The number of ether oxygens (including phenoxy) is 1. The summed E-state index contributed by atoms with van der Waals surface area (Å²) >= 11 is 0. The first-order valence-corrected chi connectivity index (χ1v) is 12.2. The topological polar surface area (TPSA) is 49.8 Å². The fourth-order valence-corrected chi connectivity index (χ4v) is 6.11. The van der Waals surface area contributed by atoms with E-state index >= 15 is 0 Å². The van der Waals surface area contributed by atoms with E-state index in [1.807, 2.05) is 0 Å². The van der Waals surface area contributed by atoms with Gasteiger partial charge < -0.3 is 9.84 Å². The molecule has 2 aromatic carbocycles. The summed E-state index contributed by atoms with van der Waals surface area (Å²) in [5.41, 5.74) is 1.31. The van der Waals surface area contributed by atoms with Crippen LogP contribution in [0, 0.1) is 17.8 Å². The molecule has 4 nitrogen and oxygen atoms in total. The number of likely N-dealkylation sites (tertiary alicyclic amines) is 1. The number of hydrogen-bond acceptors (Lipinski definition) is 3. The van der Waals surface area contributed by atoms with Crippen LogP contribution in [0.25, 0.3) is 10.8 Å². The molecule has 0 spiro atoms. The van der Waals surface area contributed by atoms with Crippen LogP contribution in [0.1, 0.15) is 63.9 Å². The Morgan fingerprint density at radius 2 is 1.90 bits per heavy atom. The third-order valence-corrected chi connectivity index (χ3v) is 7.99. The highest BCUT2D eigenvalue weighted by Gasteiger charge is 2.38. The number of fused-ring (bicyclic) bond motifs is 3. The van der Waals surface area contributed by atoms with Gasteiger partial charge in [0.2, 0.25) is 0 Å². The van der Waals surface area contributed by atoms with Gasteiger partial charge in [-0.25, -0.2) is 0 Å². The van der Waals surface area contributed by atoms with Crippen LogP contribution in [-0.4, -0.2) is 34.7 Å². The number of carbonyl (C=O) groups is 1. The maximum absolute atomic E-state index is 11.6. The molecule has 3 atom stereocenters. The molecule has 0 aromatic heterocycles. The highest BCUT2D eigenvalue weighted by Crippen LogP contribution is 2.38. The fraction of sp³-hybridized carbons (Fsp3) is 0.593. The van der Waals surface area contributed by atoms with Gasteiger partial charge in [0.1, 0.15) is 5.75 Å². The van der Waals surface area contributed by atoms with Crippen molar-refractivity contribution in [1.82, 2.24) is 4.90 Å². The zero-order valence-electron chi connectivity index (χ0n) is 18.6. The smallest absolute Gasteiger partial charge is 0.306 e. The van der Waals surface area contributed by atoms with Gasteiger partial charge in [-0.15, -0.1) is 0 Å². The Bertz CT molecular complexity index is 933. The van der Waals surface area contributed by atoms with Crippen LogP contribution in [0.4, 0.5) is 0 Å². The third-order valence-electron chi connectivity index (χ3n) is 7.99. The number of carboxylic acids is 1. The number of nitrogens with zero attached hydrogens (tertiary/aromatic N) is 1. The van der Waals surface area contributed by atoms with Gasteiger partial charge in [-0.05, 0) is 86.3 Å². The Balaban J connectivity index is 1.30. The second-order valence-electron chi connectivity index (χ2n) is 10.3. The first kappa shape index (κ1) is 20.8. The number of benzene rings is 2. The number of rotatable bonds is 5. The third kappa shape index (κ3) is 4.59. The summed E-state index contributed by atoms with van der Waals surface area (Å²) in [4.78, 5) is 14.1. The highest BCUT2D eigenvalue weighted by atomic mass is 16.5. The lowest BCUT2D eigenvalue weighted by Gasteiger charge is -2.28. The molecule has 3 aliphatic rings. The first-order chi connectivity index (χ1) is 15.0. The molecule has 2 bridgehead atoms. The monoisotopic (exact) mass is 421 g/mol. The second-order valence-corrected chi connectivity index (χ2v) is 10.3. The minimum absolute atomic E-state index is 0.170. The molecular formula is C27H35NO3. The standard InChI is InChI=1S/C27H35NO3/c1-18-5-10-24(11-6-18)31-26-4-2-3-21-13-19(8-12-25(21)26)16-28-17-20-7-9-22(27(29)30)15-23(28)14-20/h2-4,8,12-13,18,20,22-24H,5-7,9-11,14-17H2,1H3,(H,29,30)/t18-,20?,22?,23?,24+. The summed E-state index contributed by atoms with van der Waals surface area (Å²) in [6.07, 6.45) is 9.06. The SMILES string of the molecule is C[C@H]1CC[C@@H](Oc2cccc3cc(CN4CC5CCC(C(=O)O)CC4C5)ccc23)CC1. The van der Waals surface area contributed by atoms with Gasteiger partial charge in [-0.3, -0.25) is 9.69 Å². The van der Waals surface area contributed by atoms with Gasteiger partial charge in [0.15, 0.2) is 0 Å². The molecule has 1 heterocycles. The summed E-state index contributed by atoms with van der Waals surface area (Å²) < 4.78 is 6.43. The van der Waals surface area contributed by atoms with E-state index in [-0.39, 0.29) is 5.92 Å². The van der Waals surface area contributed by atoms with Crippen molar-refractivity contribution in [2.45, 2.75) is 77.0 Å². The van der Waals surface area contributed by atoms with Gasteiger partial charge in [-0.1, -0.05) is 31.2 Å². The number of carboxylic acid groups (broad SMARTS) is 1. The molecule has 2 saturated carbocycles. The van der Waals surface area contributed by atoms with Gasteiger partial charge >= 0.3 is 5.97 Å². The van der Waals surface area contributed by atoms with Gasteiger partial charge in [-0.2, -0.15) is 0 Å². The van der Waals surface area contributed by atoms with Crippen LogP contribution in [0.2, 0.25) is 0 Å². The summed E-state index contributed by atoms with van der Waals surface area (Å²) in [5, 5.41) is 12.0. The summed E-state index contributed by atoms with van der Waals surface area (Å²) in [7, 11) is 0. The molecule has 3 unspecified atom stereocenters. The van der Waals surface area contributed by atoms with Crippen LogP contribution in [-0.2, 0) is 11.3 Å². The van der Waals surface area contributed by atoms with Gasteiger partial charge in [0.25, 0.3) is 0 Å². The van der Waals surface area contributed by atoms with E-state index in [1.165, 1.54) is 29.2 Å². The Kier molecular flexibility index (Phi) is 5.92. The van der Waals surface area contributed by atoms with Crippen molar-refractivity contribution in [1.29, 1.82) is 0 Å². The molecule has 1 aliphatic heterocycles. The summed E-state index contributed by atoms with van der Waals surface area (Å²) in [6.45, 7) is 4.36. The van der Waals surface area contributed by atoms with Crippen molar-refractivity contribution in [3.8, 4) is 5.75 Å². The Morgan fingerprint density at radius 1 is 1.06 bits per heavy atom. The molecule has 166 valence electrons. The fourth-order valence-electron chi connectivity index (χ4n) is 6.11. The lowest BCUT2D eigenvalue weighted by atomic mass is 9.89. The predicted molar refractivity (Wildman–Crippen MR) is 123 cm³/mol. The number of hydrogen-bond donors (Lipinski definition) is 1. The average molecular weight is 422 g/mol. The molecule has 2 aromatic rings. The van der Waals surface area contributed by atoms with E-state index in [4.69, 9.17) is 4.74 Å². The quantitative estimate of drug-likeness (QED) is 0.656. The Labute approximate surface area is 185 Å². The van der Waals surface area contributed by atoms with Crippen molar-refractivity contribution in [3.63, 3.8) is 0 Å². The van der Waals surface area contributed by atoms with Crippen molar-refractivity contribution in [3.05, 3.63) is 42.0 Å². The lowest BCUT2D eigenvalue weighted by molar-refractivity contribution is -0.142. The van der Waals surface area contributed by atoms with Crippen molar-refractivity contribution < 1.29 is 14.6 Å². The van der Waals surface area contributed by atoms with E-state index in [2.05, 4.69) is 48.2 Å². The van der Waals surface area contributed by atoms with Crippen LogP contribution in [0.5, 0.6) is 5.75 Å². The maximum Gasteiger partial charge on any atom is 0.306 e. The molecule has 0 radical (unpaired) electrons. The summed E-state index contributed by atoms with van der Waals surface area (Å²) in [5.74, 6) is 1.72. The molecular weight excluding hydrogens is 386 g/mol. The molecule has 31 heavy (non-hydrogen) atoms. The second kappa shape index (κ2) is 8.82. The molecule has 5 rings (SSSR count). The van der Waals surface area contributed by atoms with Crippen LogP contribution in [0.15, 0.2) is 36.4 Å². The largest absolute Gasteiger partial charge is 0.490 e. The van der Waals surface area contributed by atoms with E-state index in [9.17, 15) is 9.90 Å². The van der Waals surface area contributed by atoms with E-state index in [0.29, 0.717) is 18.1 Å². The summed E-state index contributed by atoms with van der Waals surface area (Å²) in [6, 6.07) is 13.6. The minimum Gasteiger partial charge on any atom is -0.490 e. The Morgan fingerprint density at radius 3 is 2.71 bits per heavy atom. The zero-order chi connectivity index (χ0) is 21.4. The zero-order valence-corrected chi connectivity index (χ0v) is 18.6. The minimum atomic E-state index is -0.613. The molecule has 4 heteroatoms. The van der Waals surface area contributed by atoms with E-state index in [0.717, 1.165) is 63.3 Å². The average Bonchev–Trinajstić information content (AvgIpc) is 2.99. The predicted octanol–water partition coefficient (Wildman–Crippen LogP) is 5.87. The van der Waals surface area contributed by atoms with Gasteiger partial charge in [0, 0.05) is 24.5 Å². The maximum atomic E-state index is 11.6. The normalized spacial score (nSPS) is 31.5.